The molecule has 2 aromatic heterocycles. The molecule has 0 aliphatic rings. The second-order valence-electron chi connectivity index (χ2n) is 5.72. The first-order valence-corrected chi connectivity index (χ1v) is 7.95. The average Bonchev–Trinajstić information content (AvgIpc) is 3.13. The van der Waals surface area contributed by atoms with E-state index in [-0.39, 0.29) is 11.4 Å². The van der Waals surface area contributed by atoms with Gasteiger partial charge in [-0.2, -0.15) is 5.10 Å². The van der Waals surface area contributed by atoms with Gasteiger partial charge in [0.25, 0.3) is 0 Å². The molecule has 3 aromatic rings. The minimum atomic E-state index is -0.701. The van der Waals surface area contributed by atoms with E-state index in [2.05, 4.69) is 20.7 Å². The Morgan fingerprint density at radius 3 is 2.62 bits per heavy atom. The molecule has 0 fully saturated rings. The molecule has 0 atom stereocenters. The number of carbonyl (C=O) groups is 1. The molecular formula is C17H18F2N6O. The van der Waals surface area contributed by atoms with Crippen LogP contribution in [-0.4, -0.2) is 32.3 Å². The molecule has 0 radical (unpaired) electrons. The number of nitrogens with zero attached hydrogens (tertiary/aromatic N) is 4. The number of hydrogen-bond donors (Lipinski definition) is 2. The van der Waals surface area contributed by atoms with E-state index in [4.69, 9.17) is 0 Å². The second kappa shape index (κ2) is 7.34. The summed E-state index contributed by atoms with van der Waals surface area (Å²) in [5.41, 5.74) is 1.17. The van der Waals surface area contributed by atoms with Crippen molar-refractivity contribution < 1.29 is 13.6 Å². The first-order chi connectivity index (χ1) is 12.5. The number of nitrogens with one attached hydrogen (secondary N) is 2. The van der Waals surface area contributed by atoms with E-state index < -0.39 is 11.6 Å². The third-order valence-electron chi connectivity index (χ3n) is 3.94. The van der Waals surface area contributed by atoms with Gasteiger partial charge < -0.3 is 15.2 Å². The summed E-state index contributed by atoms with van der Waals surface area (Å²) >= 11 is 0. The molecule has 0 spiro atoms. The molecule has 0 aliphatic carbocycles. The van der Waals surface area contributed by atoms with Crippen molar-refractivity contribution in [3.05, 3.63) is 47.9 Å². The lowest BCUT2D eigenvalue weighted by Crippen LogP contribution is -2.19. The molecule has 0 unspecified atom stereocenters. The Kier molecular flexibility index (Phi) is 4.97. The standard InChI is InChI=1S/C17H18F2N6O/c1-11-16(22-12-8-21-24(2)9-12)23-17(25(11)7-6-20-10-26)15-13(18)4-3-5-14(15)19/h3-5,8-10,22H,6-7H2,1-2H3,(H,20,26). The molecule has 1 amide bonds. The molecule has 1 aromatic carbocycles. The predicted octanol–water partition coefficient (Wildman–Crippen LogP) is 2.36. The predicted molar refractivity (Wildman–Crippen MR) is 92.9 cm³/mol. The van der Waals surface area contributed by atoms with E-state index in [1.807, 2.05) is 0 Å². The molecule has 0 bridgehead atoms. The molecule has 2 N–H and O–H groups in total. The summed E-state index contributed by atoms with van der Waals surface area (Å²) < 4.78 is 31.8. The zero-order chi connectivity index (χ0) is 18.7. The van der Waals surface area contributed by atoms with Gasteiger partial charge in [0, 0.05) is 26.3 Å². The lowest BCUT2D eigenvalue weighted by Gasteiger charge is -2.11. The molecule has 0 aliphatic heterocycles. The molecule has 2 heterocycles. The van der Waals surface area contributed by atoms with Gasteiger partial charge in [0.15, 0.2) is 5.82 Å². The molecular weight excluding hydrogens is 342 g/mol. The van der Waals surface area contributed by atoms with Gasteiger partial charge in [-0.15, -0.1) is 0 Å². The zero-order valence-corrected chi connectivity index (χ0v) is 14.3. The highest BCUT2D eigenvalue weighted by molar-refractivity contribution is 5.65. The molecule has 0 saturated heterocycles. The maximum Gasteiger partial charge on any atom is 0.207 e. The summed E-state index contributed by atoms with van der Waals surface area (Å²) in [6.07, 6.45) is 3.95. The molecule has 26 heavy (non-hydrogen) atoms. The number of carbonyl (C=O) groups excluding carboxylic acids is 1. The van der Waals surface area contributed by atoms with Gasteiger partial charge in [0.1, 0.15) is 17.5 Å². The minimum Gasteiger partial charge on any atom is -0.357 e. The summed E-state index contributed by atoms with van der Waals surface area (Å²) in [6.45, 7) is 2.40. The van der Waals surface area contributed by atoms with Crippen molar-refractivity contribution in [3.8, 4) is 11.4 Å². The maximum absolute atomic E-state index is 14.3. The van der Waals surface area contributed by atoms with Crippen LogP contribution < -0.4 is 10.6 Å². The average molecular weight is 360 g/mol. The first-order valence-electron chi connectivity index (χ1n) is 7.95. The highest BCUT2D eigenvalue weighted by atomic mass is 19.1. The Bertz CT molecular complexity index is 913. The van der Waals surface area contributed by atoms with Crippen molar-refractivity contribution >= 4 is 17.9 Å². The summed E-state index contributed by atoms with van der Waals surface area (Å²) in [6, 6.07) is 3.67. The van der Waals surface area contributed by atoms with E-state index in [1.54, 1.807) is 35.6 Å². The van der Waals surface area contributed by atoms with Gasteiger partial charge in [-0.1, -0.05) is 6.07 Å². The van der Waals surface area contributed by atoms with Gasteiger partial charge >= 0.3 is 0 Å². The fourth-order valence-electron chi connectivity index (χ4n) is 2.69. The SMILES string of the molecule is Cc1c(Nc2cnn(C)c2)nc(-c2c(F)cccc2F)n1CCNC=O. The molecule has 136 valence electrons. The van der Waals surface area contributed by atoms with Gasteiger partial charge in [0.2, 0.25) is 6.41 Å². The first kappa shape index (κ1) is 17.6. The van der Waals surface area contributed by atoms with Gasteiger partial charge in [-0.25, -0.2) is 13.8 Å². The fraction of sp³-hybridized carbons (Fsp3) is 0.235. The third-order valence-corrected chi connectivity index (χ3v) is 3.94. The Hall–Kier alpha value is -3.23. The number of anilines is 2. The van der Waals surface area contributed by atoms with Crippen LogP contribution in [0.3, 0.4) is 0 Å². The van der Waals surface area contributed by atoms with Crippen LogP contribution in [0.25, 0.3) is 11.4 Å². The smallest absolute Gasteiger partial charge is 0.207 e. The highest BCUT2D eigenvalue weighted by Crippen LogP contribution is 2.30. The van der Waals surface area contributed by atoms with E-state index >= 15 is 0 Å². The largest absolute Gasteiger partial charge is 0.357 e. The van der Waals surface area contributed by atoms with Gasteiger partial charge in [-0.3, -0.25) is 9.48 Å². The Labute approximate surface area is 148 Å². The van der Waals surface area contributed by atoms with Crippen LogP contribution >= 0.6 is 0 Å². The van der Waals surface area contributed by atoms with E-state index in [0.717, 1.165) is 0 Å². The van der Waals surface area contributed by atoms with Crippen LogP contribution in [0.2, 0.25) is 0 Å². The maximum atomic E-state index is 14.3. The summed E-state index contributed by atoms with van der Waals surface area (Å²) in [4.78, 5) is 14.9. The molecule has 0 saturated carbocycles. The molecule has 7 nitrogen and oxygen atoms in total. The van der Waals surface area contributed by atoms with Crippen LogP contribution in [0.15, 0.2) is 30.6 Å². The van der Waals surface area contributed by atoms with Gasteiger partial charge in [-0.05, 0) is 19.1 Å². The summed E-state index contributed by atoms with van der Waals surface area (Å²) in [5, 5.41) is 9.72. The lowest BCUT2D eigenvalue weighted by molar-refractivity contribution is -0.109. The normalized spacial score (nSPS) is 10.8. The molecule has 3 rings (SSSR count). The Morgan fingerprint density at radius 1 is 1.27 bits per heavy atom. The Balaban J connectivity index is 2.06. The van der Waals surface area contributed by atoms with Crippen LogP contribution in [0.4, 0.5) is 20.3 Å². The van der Waals surface area contributed by atoms with Gasteiger partial charge in [0.05, 0.1) is 23.1 Å². The van der Waals surface area contributed by atoms with E-state index in [9.17, 15) is 13.6 Å². The Morgan fingerprint density at radius 2 is 2.00 bits per heavy atom. The van der Waals surface area contributed by atoms with Crippen LogP contribution in [0.1, 0.15) is 5.69 Å². The summed E-state index contributed by atoms with van der Waals surface area (Å²) in [7, 11) is 1.78. The highest BCUT2D eigenvalue weighted by Gasteiger charge is 2.21. The molecule has 9 heteroatoms. The van der Waals surface area contributed by atoms with E-state index in [1.165, 1.54) is 18.2 Å². The van der Waals surface area contributed by atoms with Crippen molar-refractivity contribution in [2.24, 2.45) is 7.05 Å². The number of benzene rings is 1. The van der Waals surface area contributed by atoms with Crippen molar-refractivity contribution in [1.29, 1.82) is 0 Å². The number of rotatable bonds is 7. The number of imidazole rings is 1. The number of amides is 1. The van der Waals surface area contributed by atoms with Crippen LogP contribution in [0.5, 0.6) is 0 Å². The third kappa shape index (κ3) is 3.41. The zero-order valence-electron chi connectivity index (χ0n) is 14.3. The van der Waals surface area contributed by atoms with Crippen molar-refractivity contribution in [3.63, 3.8) is 0 Å². The number of aryl methyl sites for hydroxylation is 1. The van der Waals surface area contributed by atoms with Crippen molar-refractivity contribution in [2.75, 3.05) is 11.9 Å². The van der Waals surface area contributed by atoms with Crippen molar-refractivity contribution in [1.82, 2.24) is 24.6 Å². The second-order valence-corrected chi connectivity index (χ2v) is 5.72. The van der Waals surface area contributed by atoms with E-state index in [0.29, 0.717) is 36.7 Å². The monoisotopic (exact) mass is 360 g/mol. The number of aromatic nitrogens is 4. The fourth-order valence-corrected chi connectivity index (χ4v) is 2.69. The van der Waals surface area contributed by atoms with Crippen molar-refractivity contribution in [2.45, 2.75) is 13.5 Å². The topological polar surface area (TPSA) is 76.8 Å². The van der Waals surface area contributed by atoms with Crippen LogP contribution in [0, 0.1) is 18.6 Å². The number of halogens is 2. The quantitative estimate of drug-likeness (QED) is 0.501. The number of hydrogen-bond acceptors (Lipinski definition) is 4. The summed E-state index contributed by atoms with van der Waals surface area (Å²) in [5.74, 6) is -0.793. The lowest BCUT2D eigenvalue weighted by atomic mass is 10.2. The van der Waals surface area contributed by atoms with Crippen LogP contribution in [-0.2, 0) is 18.4 Å². The minimum absolute atomic E-state index is 0.150.